The van der Waals surface area contributed by atoms with Gasteiger partial charge in [0.1, 0.15) is 5.75 Å². The van der Waals surface area contributed by atoms with E-state index in [0.717, 1.165) is 49.7 Å². The summed E-state index contributed by atoms with van der Waals surface area (Å²) in [5, 5.41) is 3.22. The van der Waals surface area contributed by atoms with Crippen molar-refractivity contribution >= 4 is 5.91 Å². The Kier molecular flexibility index (Phi) is 7.61. The average molecular weight is 397 g/mol. The lowest BCUT2D eigenvalue weighted by atomic mass is 9.96. The average Bonchev–Trinajstić information content (AvgIpc) is 2.74. The lowest BCUT2D eigenvalue weighted by molar-refractivity contribution is -0.123. The monoisotopic (exact) mass is 396 g/mol. The topological polar surface area (TPSA) is 57.7 Å². The molecule has 1 N–H and O–H groups in total. The van der Waals surface area contributed by atoms with Gasteiger partial charge in [0.25, 0.3) is 0 Å². The smallest absolute Gasteiger partial charge is 0.234 e. The van der Waals surface area contributed by atoms with Gasteiger partial charge in [0, 0.05) is 38.9 Å². The van der Waals surface area contributed by atoms with Crippen molar-refractivity contribution in [3.8, 4) is 5.75 Å². The summed E-state index contributed by atoms with van der Waals surface area (Å²) in [7, 11) is 1.66. The predicted octanol–water partition coefficient (Wildman–Crippen LogP) is 2.72. The molecule has 1 aromatic carbocycles. The van der Waals surface area contributed by atoms with Crippen molar-refractivity contribution in [3.63, 3.8) is 0 Å². The van der Waals surface area contributed by atoms with Crippen LogP contribution in [0, 0.1) is 5.92 Å². The number of carbonyl (C=O) groups excluding carboxylic acids is 1. The minimum atomic E-state index is -0.00106. The summed E-state index contributed by atoms with van der Waals surface area (Å²) in [5.41, 5.74) is 2.20. The van der Waals surface area contributed by atoms with Gasteiger partial charge in [0.15, 0.2) is 0 Å². The number of carbonyl (C=O) groups is 1. The Morgan fingerprint density at radius 2 is 1.76 bits per heavy atom. The number of hydrogen-bond acceptors (Lipinski definition) is 5. The molecule has 6 heteroatoms. The molecule has 2 aromatic rings. The fraction of sp³-hybridized carbons (Fsp3) is 0.478. The second kappa shape index (κ2) is 10.4. The van der Waals surface area contributed by atoms with Crippen molar-refractivity contribution < 1.29 is 9.53 Å². The minimum absolute atomic E-state index is 0.00106. The third-order valence-electron chi connectivity index (χ3n) is 5.40. The predicted molar refractivity (Wildman–Crippen MR) is 115 cm³/mol. The normalized spacial score (nSPS) is 16.6. The first-order valence-electron chi connectivity index (χ1n) is 10.3. The molecule has 1 amide bonds. The Morgan fingerprint density at radius 3 is 2.34 bits per heavy atom. The summed E-state index contributed by atoms with van der Waals surface area (Å²) in [5.74, 6) is 1.21. The van der Waals surface area contributed by atoms with Gasteiger partial charge in [0.2, 0.25) is 5.91 Å². The summed E-state index contributed by atoms with van der Waals surface area (Å²) in [4.78, 5) is 21.7. The van der Waals surface area contributed by atoms with Crippen molar-refractivity contribution in [1.29, 1.82) is 0 Å². The van der Waals surface area contributed by atoms with Crippen LogP contribution in [-0.4, -0.2) is 60.5 Å². The highest BCUT2D eigenvalue weighted by atomic mass is 16.5. The molecule has 0 aliphatic carbocycles. The third kappa shape index (κ3) is 6.27. The zero-order valence-corrected chi connectivity index (χ0v) is 17.7. The molecule has 1 atom stereocenters. The SMILES string of the molecule is COc1ccc(C(NC(=O)CN2CCN(Cc3ccccn3)CC2)C(C)C)cc1. The number of amides is 1. The van der Waals surface area contributed by atoms with Crippen LogP contribution in [0.1, 0.15) is 31.1 Å². The summed E-state index contributed by atoms with van der Waals surface area (Å²) >= 11 is 0. The molecule has 1 unspecified atom stereocenters. The number of rotatable bonds is 8. The largest absolute Gasteiger partial charge is 0.497 e. The summed E-state index contributed by atoms with van der Waals surface area (Å²) in [6.07, 6.45) is 1.84. The number of piperazine rings is 1. The van der Waals surface area contributed by atoms with E-state index in [1.165, 1.54) is 0 Å². The number of pyridine rings is 1. The summed E-state index contributed by atoms with van der Waals surface area (Å²) in [6, 6.07) is 14.0. The van der Waals surface area contributed by atoms with E-state index in [0.29, 0.717) is 12.5 Å². The standard InChI is InChI=1S/C23H32N4O2/c1-18(2)23(19-7-9-21(29-3)10-8-19)25-22(28)17-27-14-12-26(13-15-27)16-20-6-4-5-11-24-20/h4-11,18,23H,12-17H2,1-3H3,(H,25,28). The van der Waals surface area contributed by atoms with E-state index in [9.17, 15) is 4.79 Å². The maximum Gasteiger partial charge on any atom is 0.234 e. The van der Waals surface area contributed by atoms with Crippen LogP contribution < -0.4 is 10.1 Å². The van der Waals surface area contributed by atoms with Gasteiger partial charge in [-0.15, -0.1) is 0 Å². The van der Waals surface area contributed by atoms with E-state index in [1.807, 2.05) is 42.6 Å². The zero-order chi connectivity index (χ0) is 20.6. The van der Waals surface area contributed by atoms with E-state index in [1.54, 1.807) is 7.11 Å². The van der Waals surface area contributed by atoms with Crippen LogP contribution in [0.3, 0.4) is 0 Å². The lowest BCUT2D eigenvalue weighted by Gasteiger charge is -2.34. The first-order chi connectivity index (χ1) is 14.0. The van der Waals surface area contributed by atoms with Gasteiger partial charge in [-0.3, -0.25) is 19.6 Å². The van der Waals surface area contributed by atoms with Gasteiger partial charge in [-0.1, -0.05) is 32.0 Å². The molecule has 0 spiro atoms. The van der Waals surface area contributed by atoms with E-state index in [2.05, 4.69) is 40.0 Å². The number of hydrogen-bond donors (Lipinski definition) is 1. The molecular formula is C23H32N4O2. The lowest BCUT2D eigenvalue weighted by Crippen LogP contribution is -2.49. The molecule has 1 fully saturated rings. The maximum absolute atomic E-state index is 12.7. The van der Waals surface area contributed by atoms with Crippen LogP contribution in [0.2, 0.25) is 0 Å². The van der Waals surface area contributed by atoms with Crippen LogP contribution in [-0.2, 0) is 11.3 Å². The highest BCUT2D eigenvalue weighted by Crippen LogP contribution is 2.24. The highest BCUT2D eigenvalue weighted by molar-refractivity contribution is 5.78. The summed E-state index contributed by atoms with van der Waals surface area (Å²) < 4.78 is 5.24. The number of aromatic nitrogens is 1. The van der Waals surface area contributed by atoms with Crippen LogP contribution in [0.15, 0.2) is 48.7 Å². The molecule has 1 aromatic heterocycles. The van der Waals surface area contributed by atoms with Gasteiger partial charge in [-0.25, -0.2) is 0 Å². The van der Waals surface area contributed by atoms with Gasteiger partial charge < -0.3 is 10.1 Å². The van der Waals surface area contributed by atoms with E-state index in [4.69, 9.17) is 4.74 Å². The van der Waals surface area contributed by atoms with Crippen molar-refractivity contribution in [3.05, 3.63) is 59.9 Å². The van der Waals surface area contributed by atoms with Crippen molar-refractivity contribution in [2.75, 3.05) is 39.8 Å². The molecule has 1 aliphatic heterocycles. The molecule has 6 nitrogen and oxygen atoms in total. The molecule has 29 heavy (non-hydrogen) atoms. The number of nitrogens with zero attached hydrogens (tertiary/aromatic N) is 3. The molecule has 156 valence electrons. The number of ether oxygens (including phenoxy) is 1. The minimum Gasteiger partial charge on any atom is -0.497 e. The number of nitrogens with one attached hydrogen (secondary N) is 1. The zero-order valence-electron chi connectivity index (χ0n) is 17.7. The summed E-state index contributed by atoms with van der Waals surface area (Å²) in [6.45, 7) is 9.28. The molecule has 0 radical (unpaired) electrons. The first kappa shape index (κ1) is 21.3. The Morgan fingerprint density at radius 1 is 1.07 bits per heavy atom. The van der Waals surface area contributed by atoms with Gasteiger partial charge in [-0.05, 0) is 35.7 Å². The van der Waals surface area contributed by atoms with E-state index in [-0.39, 0.29) is 11.9 Å². The Bertz CT molecular complexity index is 756. The number of methoxy groups -OCH3 is 1. The van der Waals surface area contributed by atoms with E-state index < -0.39 is 0 Å². The van der Waals surface area contributed by atoms with Gasteiger partial charge in [-0.2, -0.15) is 0 Å². The van der Waals surface area contributed by atoms with Crippen molar-refractivity contribution in [1.82, 2.24) is 20.1 Å². The first-order valence-corrected chi connectivity index (χ1v) is 10.3. The van der Waals surface area contributed by atoms with Crippen LogP contribution >= 0.6 is 0 Å². The van der Waals surface area contributed by atoms with Crippen LogP contribution in [0.4, 0.5) is 0 Å². The molecule has 1 saturated heterocycles. The van der Waals surface area contributed by atoms with Crippen LogP contribution in [0.25, 0.3) is 0 Å². The quantitative estimate of drug-likeness (QED) is 0.744. The molecule has 3 rings (SSSR count). The van der Waals surface area contributed by atoms with Gasteiger partial charge in [0.05, 0.1) is 25.4 Å². The fourth-order valence-corrected chi connectivity index (χ4v) is 3.69. The molecule has 0 bridgehead atoms. The second-order valence-electron chi connectivity index (χ2n) is 7.94. The Balaban J connectivity index is 1.48. The second-order valence-corrected chi connectivity index (χ2v) is 7.94. The number of benzene rings is 1. The third-order valence-corrected chi connectivity index (χ3v) is 5.40. The maximum atomic E-state index is 12.7. The Labute approximate surface area is 173 Å². The van der Waals surface area contributed by atoms with Crippen molar-refractivity contribution in [2.45, 2.75) is 26.4 Å². The molecule has 0 saturated carbocycles. The van der Waals surface area contributed by atoms with Crippen LogP contribution in [0.5, 0.6) is 5.75 Å². The molecule has 1 aliphatic rings. The fourth-order valence-electron chi connectivity index (χ4n) is 3.69. The van der Waals surface area contributed by atoms with E-state index >= 15 is 0 Å². The Hall–Kier alpha value is -2.44. The van der Waals surface area contributed by atoms with Crippen molar-refractivity contribution in [2.24, 2.45) is 5.92 Å². The molecular weight excluding hydrogens is 364 g/mol. The highest BCUT2D eigenvalue weighted by Gasteiger charge is 2.22. The molecule has 2 heterocycles. The van der Waals surface area contributed by atoms with Gasteiger partial charge >= 0.3 is 0 Å².